The lowest BCUT2D eigenvalue weighted by Crippen LogP contribution is -2.54. The third-order valence-electron chi connectivity index (χ3n) is 7.75. The molecule has 12 heteroatoms. The fraction of sp³-hybridized carbons (Fsp3) is 0.792. The molecule has 4 aliphatic rings. The van der Waals surface area contributed by atoms with Crippen molar-refractivity contribution >= 4 is 11.9 Å². The number of epoxide rings is 2. The molecule has 5 rings (SSSR count). The zero-order valence-corrected chi connectivity index (χ0v) is 20.5. The Morgan fingerprint density at radius 1 is 0.833 bits per heavy atom. The highest BCUT2D eigenvalue weighted by atomic mass is 16.6. The quantitative estimate of drug-likeness (QED) is 0.308. The second-order valence-corrected chi connectivity index (χ2v) is 10.3. The second-order valence-electron chi connectivity index (χ2n) is 10.3. The first-order valence-corrected chi connectivity index (χ1v) is 12.9. The van der Waals surface area contributed by atoms with E-state index >= 15 is 0 Å². The van der Waals surface area contributed by atoms with Gasteiger partial charge in [-0.2, -0.15) is 0 Å². The molecular weight excluding hydrogens is 474 g/mol. The average molecular weight is 508 g/mol. The normalized spacial score (nSPS) is 30.1. The van der Waals surface area contributed by atoms with Crippen LogP contribution in [-0.2, 0) is 48.7 Å². The van der Waals surface area contributed by atoms with E-state index in [1.165, 1.54) is 7.05 Å². The van der Waals surface area contributed by atoms with Crippen LogP contribution in [0.15, 0.2) is 14.4 Å². The van der Waals surface area contributed by atoms with Gasteiger partial charge < -0.3 is 18.9 Å². The van der Waals surface area contributed by atoms with Crippen molar-refractivity contribution in [2.45, 2.75) is 88.9 Å². The summed E-state index contributed by atoms with van der Waals surface area (Å²) in [6.07, 6.45) is 6.45. The largest absolute Gasteiger partial charge is 0.465 e. The molecule has 2 aliphatic carbocycles. The molecule has 36 heavy (non-hydrogen) atoms. The van der Waals surface area contributed by atoms with Gasteiger partial charge in [0.15, 0.2) is 0 Å². The van der Waals surface area contributed by atoms with Crippen LogP contribution >= 0.6 is 0 Å². The van der Waals surface area contributed by atoms with Crippen LogP contribution in [0.2, 0.25) is 0 Å². The molecule has 0 N–H and O–H groups in total. The molecule has 3 heterocycles. The van der Waals surface area contributed by atoms with E-state index in [0.29, 0.717) is 37.6 Å². The summed E-state index contributed by atoms with van der Waals surface area (Å²) in [5.41, 5.74) is -2.33. The maximum absolute atomic E-state index is 12.9. The number of esters is 2. The van der Waals surface area contributed by atoms with Gasteiger partial charge in [-0.1, -0.05) is 0 Å². The lowest BCUT2D eigenvalue weighted by Gasteiger charge is -2.18. The lowest BCUT2D eigenvalue weighted by molar-refractivity contribution is -0.149. The number of nitrogens with zero attached hydrogens (tertiary/aromatic N) is 3. The van der Waals surface area contributed by atoms with Crippen molar-refractivity contribution < 1.29 is 28.5 Å². The van der Waals surface area contributed by atoms with Gasteiger partial charge in [-0.05, 0) is 50.9 Å². The van der Waals surface area contributed by atoms with Crippen LogP contribution in [0.25, 0.3) is 0 Å². The standard InChI is InChI=1S/C24H33N3O9/c1-25-22(30)26(8-2-3-20(28)34-13-14-4-6-16-18(11-14)35-16)24(32)27(23(25)31)9-10-33-21(29)15-5-7-17-19(12-15)36-17/h14-19H,2-13H2,1H3. The van der Waals surface area contributed by atoms with Gasteiger partial charge in [-0.25, -0.2) is 28.1 Å². The third-order valence-corrected chi connectivity index (χ3v) is 7.75. The molecule has 2 aliphatic heterocycles. The average Bonchev–Trinajstić information content (AvgIpc) is 3.79. The summed E-state index contributed by atoms with van der Waals surface area (Å²) in [5, 5.41) is 0. The van der Waals surface area contributed by atoms with E-state index in [9.17, 15) is 24.0 Å². The van der Waals surface area contributed by atoms with Crippen molar-refractivity contribution in [2.75, 3.05) is 13.2 Å². The first-order chi connectivity index (χ1) is 17.3. The maximum atomic E-state index is 12.9. The van der Waals surface area contributed by atoms with Crippen LogP contribution < -0.4 is 17.1 Å². The molecule has 0 aromatic carbocycles. The van der Waals surface area contributed by atoms with Crippen molar-refractivity contribution in [2.24, 2.45) is 18.9 Å². The topological polar surface area (TPSA) is 144 Å². The Balaban J connectivity index is 1.11. The van der Waals surface area contributed by atoms with Crippen LogP contribution in [0.1, 0.15) is 51.4 Å². The molecular formula is C24H33N3O9. The number of aromatic nitrogens is 3. The van der Waals surface area contributed by atoms with Crippen molar-refractivity contribution in [1.82, 2.24) is 13.7 Å². The van der Waals surface area contributed by atoms with Crippen molar-refractivity contribution in [1.29, 1.82) is 0 Å². The Hall–Kier alpha value is -2.73. The minimum Gasteiger partial charge on any atom is -0.465 e. The van der Waals surface area contributed by atoms with Crippen LogP contribution in [-0.4, -0.2) is 63.3 Å². The van der Waals surface area contributed by atoms with E-state index in [1.54, 1.807) is 0 Å². The van der Waals surface area contributed by atoms with E-state index < -0.39 is 17.1 Å². The Morgan fingerprint density at radius 2 is 1.50 bits per heavy atom. The van der Waals surface area contributed by atoms with E-state index in [0.717, 1.165) is 39.4 Å². The number of rotatable bonds is 10. The third kappa shape index (κ3) is 5.49. The van der Waals surface area contributed by atoms with Crippen LogP contribution in [0, 0.1) is 11.8 Å². The summed E-state index contributed by atoms with van der Waals surface area (Å²) in [7, 11) is 1.28. The Morgan fingerprint density at radius 3 is 2.19 bits per heavy atom. The molecule has 2 saturated heterocycles. The van der Waals surface area contributed by atoms with E-state index in [-0.39, 0.29) is 62.6 Å². The predicted molar refractivity (Wildman–Crippen MR) is 123 cm³/mol. The summed E-state index contributed by atoms with van der Waals surface area (Å²) < 4.78 is 24.2. The highest BCUT2D eigenvalue weighted by molar-refractivity contribution is 5.72. The minimum atomic E-state index is -0.791. The second kappa shape index (κ2) is 10.3. The highest BCUT2D eigenvalue weighted by Gasteiger charge is 2.46. The first kappa shape index (κ1) is 24.9. The van der Waals surface area contributed by atoms with Gasteiger partial charge in [0, 0.05) is 20.0 Å². The Labute approximate surface area is 207 Å². The molecule has 0 radical (unpaired) electrons. The SMILES string of the molecule is Cn1c(=O)n(CCCC(=O)OCC2CCC3OC3C2)c(=O)n(CCOC(=O)C2CCC3OC3C2)c1=O. The van der Waals surface area contributed by atoms with Gasteiger partial charge in [-0.15, -0.1) is 0 Å². The summed E-state index contributed by atoms with van der Waals surface area (Å²) in [5.74, 6) is -0.677. The highest BCUT2D eigenvalue weighted by Crippen LogP contribution is 2.40. The van der Waals surface area contributed by atoms with E-state index in [2.05, 4.69) is 0 Å². The van der Waals surface area contributed by atoms with Gasteiger partial charge in [0.25, 0.3) is 0 Å². The van der Waals surface area contributed by atoms with Gasteiger partial charge in [0.2, 0.25) is 0 Å². The van der Waals surface area contributed by atoms with Gasteiger partial charge in [0.1, 0.15) is 6.61 Å². The number of hydrogen-bond donors (Lipinski definition) is 0. The number of fused-ring (bicyclic) bond motifs is 2. The number of carbonyl (C=O) groups excluding carboxylic acids is 2. The molecule has 2 saturated carbocycles. The van der Waals surface area contributed by atoms with E-state index in [4.69, 9.17) is 18.9 Å². The summed E-state index contributed by atoms with van der Waals surface area (Å²) >= 11 is 0. The molecule has 0 amide bonds. The molecule has 198 valence electrons. The predicted octanol–water partition coefficient (Wildman–Crippen LogP) is -0.290. The molecule has 0 bridgehead atoms. The monoisotopic (exact) mass is 507 g/mol. The molecule has 4 fully saturated rings. The Kier molecular flexibility index (Phi) is 7.16. The number of carbonyl (C=O) groups is 2. The fourth-order valence-corrected chi connectivity index (χ4v) is 5.41. The first-order valence-electron chi connectivity index (χ1n) is 12.9. The Bertz CT molecular complexity index is 1180. The van der Waals surface area contributed by atoms with Gasteiger partial charge >= 0.3 is 29.0 Å². The maximum Gasteiger partial charge on any atom is 0.336 e. The van der Waals surface area contributed by atoms with Gasteiger partial charge in [0.05, 0.1) is 43.5 Å². The molecule has 0 spiro atoms. The van der Waals surface area contributed by atoms with Gasteiger partial charge in [-0.3, -0.25) is 9.59 Å². The van der Waals surface area contributed by atoms with Crippen molar-refractivity contribution in [3.63, 3.8) is 0 Å². The molecule has 12 nitrogen and oxygen atoms in total. The van der Waals surface area contributed by atoms with E-state index in [1.807, 2.05) is 0 Å². The zero-order chi connectivity index (χ0) is 25.4. The molecule has 6 atom stereocenters. The fourth-order valence-electron chi connectivity index (χ4n) is 5.41. The molecule has 6 unspecified atom stereocenters. The molecule has 1 aromatic heterocycles. The minimum absolute atomic E-state index is 0.0354. The van der Waals surface area contributed by atoms with Crippen LogP contribution in [0.3, 0.4) is 0 Å². The van der Waals surface area contributed by atoms with Crippen molar-refractivity contribution in [3.8, 4) is 0 Å². The van der Waals surface area contributed by atoms with Crippen LogP contribution in [0.4, 0.5) is 0 Å². The zero-order valence-electron chi connectivity index (χ0n) is 20.5. The summed E-state index contributed by atoms with van der Waals surface area (Å²) in [6, 6.07) is 0. The number of ether oxygens (including phenoxy) is 4. The van der Waals surface area contributed by atoms with Crippen molar-refractivity contribution in [3.05, 3.63) is 31.5 Å². The molecule has 1 aromatic rings. The summed E-state index contributed by atoms with van der Waals surface area (Å²) in [4.78, 5) is 62.4. The summed E-state index contributed by atoms with van der Waals surface area (Å²) in [6.45, 7) is -0.00224. The number of hydrogen-bond acceptors (Lipinski definition) is 9. The lowest BCUT2D eigenvalue weighted by atomic mass is 9.89. The smallest absolute Gasteiger partial charge is 0.336 e. The van der Waals surface area contributed by atoms with Crippen LogP contribution in [0.5, 0.6) is 0 Å².